The van der Waals surface area contributed by atoms with E-state index in [2.05, 4.69) is 33.3 Å². The van der Waals surface area contributed by atoms with Crippen molar-refractivity contribution in [2.45, 2.75) is 51.0 Å². The van der Waals surface area contributed by atoms with E-state index >= 15 is 0 Å². The maximum atomic E-state index is 13.9. The lowest BCUT2D eigenvalue weighted by atomic mass is 9.76. The lowest BCUT2D eigenvalue weighted by Gasteiger charge is -2.31. The number of anilines is 1. The summed E-state index contributed by atoms with van der Waals surface area (Å²) in [6.07, 6.45) is 7.38. The third-order valence-electron chi connectivity index (χ3n) is 6.74. The number of nitrogens with one attached hydrogen (secondary N) is 1. The highest BCUT2D eigenvalue weighted by atomic mass is 35.5. The lowest BCUT2D eigenvalue weighted by molar-refractivity contribution is 0.302. The third kappa shape index (κ3) is 4.75. The van der Waals surface area contributed by atoms with Crippen molar-refractivity contribution in [3.05, 3.63) is 70.3 Å². The van der Waals surface area contributed by atoms with Crippen molar-refractivity contribution in [1.82, 2.24) is 15.0 Å². The zero-order valence-corrected chi connectivity index (χ0v) is 19.9. The quantitative estimate of drug-likeness (QED) is 0.295. The summed E-state index contributed by atoms with van der Waals surface area (Å²) in [5.41, 5.74) is 2.75. The topological polar surface area (TPSA) is 50.7 Å². The van der Waals surface area contributed by atoms with E-state index in [1.54, 1.807) is 18.2 Å². The zero-order chi connectivity index (χ0) is 22.9. The Bertz CT molecular complexity index is 1300. The molecule has 1 atom stereocenters. The van der Waals surface area contributed by atoms with Crippen LogP contribution < -0.4 is 5.32 Å². The fourth-order valence-electron chi connectivity index (χ4n) is 5.20. The molecule has 4 aromatic rings. The smallest absolute Gasteiger partial charge is 0.224 e. The van der Waals surface area contributed by atoms with Gasteiger partial charge in [0.05, 0.1) is 16.1 Å². The van der Waals surface area contributed by atoms with Crippen molar-refractivity contribution >= 4 is 50.8 Å². The van der Waals surface area contributed by atoms with Gasteiger partial charge in [-0.25, -0.2) is 14.4 Å². The maximum absolute atomic E-state index is 13.9. The number of hydrogen-bond donors (Lipinski definition) is 1. The first-order valence-electron chi connectivity index (χ1n) is 11.4. The normalized spacial score (nSPS) is 19.6. The Balaban J connectivity index is 1.25. The van der Waals surface area contributed by atoms with Crippen LogP contribution in [-0.2, 0) is 0 Å². The minimum Gasteiger partial charge on any atom is -0.367 e. The van der Waals surface area contributed by atoms with Gasteiger partial charge in [-0.2, -0.15) is 0 Å². The van der Waals surface area contributed by atoms with Crippen molar-refractivity contribution in [1.29, 1.82) is 0 Å². The van der Waals surface area contributed by atoms with Crippen LogP contribution in [0.5, 0.6) is 0 Å². The van der Waals surface area contributed by atoms with E-state index in [0.29, 0.717) is 22.4 Å². The summed E-state index contributed by atoms with van der Waals surface area (Å²) >= 11 is 12.4. The lowest BCUT2D eigenvalue weighted by Crippen LogP contribution is -2.23. The van der Waals surface area contributed by atoms with E-state index < -0.39 is 0 Å². The molecule has 0 radical (unpaired) electrons. The summed E-state index contributed by atoms with van der Waals surface area (Å²) < 4.78 is 13.9. The number of fused-ring (bicyclic) bond motifs is 2. The molecule has 0 bridgehead atoms. The summed E-state index contributed by atoms with van der Waals surface area (Å²) in [6, 6.07) is 12.8. The first-order valence-corrected chi connectivity index (χ1v) is 12.2. The molecule has 2 heterocycles. The fraction of sp³-hybridized carbons (Fsp3) is 0.346. The van der Waals surface area contributed by atoms with Gasteiger partial charge in [-0.3, -0.25) is 4.98 Å². The van der Waals surface area contributed by atoms with Crippen LogP contribution in [-0.4, -0.2) is 21.0 Å². The molecule has 1 aliphatic rings. The molecule has 0 saturated heterocycles. The van der Waals surface area contributed by atoms with Gasteiger partial charge in [-0.15, -0.1) is 0 Å². The van der Waals surface area contributed by atoms with Crippen LogP contribution in [0.25, 0.3) is 21.8 Å². The number of halogens is 3. The van der Waals surface area contributed by atoms with E-state index in [9.17, 15) is 4.39 Å². The molecular weight excluding hydrogens is 458 g/mol. The highest BCUT2D eigenvalue weighted by molar-refractivity contribution is 6.36. The second-order valence-corrected chi connectivity index (χ2v) is 9.78. The van der Waals surface area contributed by atoms with Crippen LogP contribution in [0.4, 0.5) is 10.2 Å². The standard InChI is InChI=1S/C26H25Cl2FN4/c1-15(31-25-20-3-2-4-22(27)24(20)32-26(28)33-25)13-16-5-7-17(8-6-16)19-11-12-30-23-10-9-18(29)14-21(19)23/h2-4,9-12,14-17H,5-8,13H2,1H3,(H,31,32,33)/t15?,16-,17-. The molecule has 1 unspecified atom stereocenters. The summed E-state index contributed by atoms with van der Waals surface area (Å²) in [4.78, 5) is 13.1. The van der Waals surface area contributed by atoms with Gasteiger partial charge in [0, 0.05) is 23.0 Å². The maximum Gasteiger partial charge on any atom is 0.224 e. The molecule has 2 aromatic carbocycles. The van der Waals surface area contributed by atoms with Crippen LogP contribution in [0.15, 0.2) is 48.7 Å². The van der Waals surface area contributed by atoms with E-state index in [1.807, 2.05) is 18.3 Å². The monoisotopic (exact) mass is 482 g/mol. The molecule has 1 aliphatic carbocycles. The molecule has 0 amide bonds. The first kappa shape index (κ1) is 22.3. The average Bonchev–Trinajstić information content (AvgIpc) is 2.80. The van der Waals surface area contributed by atoms with Gasteiger partial charge in [-0.05, 0) is 104 Å². The number of aromatic nitrogens is 3. The first-order chi connectivity index (χ1) is 16.0. The highest BCUT2D eigenvalue weighted by Gasteiger charge is 2.25. The molecule has 4 nitrogen and oxygen atoms in total. The number of benzene rings is 2. The number of hydrogen-bond acceptors (Lipinski definition) is 4. The van der Waals surface area contributed by atoms with Crippen molar-refractivity contribution in [3.8, 4) is 0 Å². The Morgan fingerprint density at radius 1 is 1.03 bits per heavy atom. The summed E-state index contributed by atoms with van der Waals surface area (Å²) in [6.45, 7) is 2.18. The Morgan fingerprint density at radius 2 is 1.85 bits per heavy atom. The van der Waals surface area contributed by atoms with Crippen LogP contribution in [0.2, 0.25) is 10.3 Å². The molecule has 170 valence electrons. The van der Waals surface area contributed by atoms with E-state index in [0.717, 1.165) is 54.2 Å². The Hall–Kier alpha value is -2.50. The molecule has 5 rings (SSSR count). The molecule has 0 spiro atoms. The van der Waals surface area contributed by atoms with Gasteiger partial charge in [0.15, 0.2) is 0 Å². The van der Waals surface area contributed by atoms with Gasteiger partial charge in [-0.1, -0.05) is 17.7 Å². The minimum absolute atomic E-state index is 0.187. The Labute approximate surface area is 202 Å². The molecule has 1 saturated carbocycles. The summed E-state index contributed by atoms with van der Waals surface area (Å²) in [7, 11) is 0. The summed E-state index contributed by atoms with van der Waals surface area (Å²) in [5.74, 6) is 1.59. The average molecular weight is 483 g/mol. The molecular formula is C26H25Cl2FN4. The third-order valence-corrected chi connectivity index (χ3v) is 7.22. The second-order valence-electron chi connectivity index (χ2n) is 9.04. The van der Waals surface area contributed by atoms with Gasteiger partial charge in [0.25, 0.3) is 0 Å². The minimum atomic E-state index is -0.205. The van der Waals surface area contributed by atoms with Crippen molar-refractivity contribution < 1.29 is 4.39 Å². The molecule has 2 aromatic heterocycles. The number of nitrogens with zero attached hydrogens (tertiary/aromatic N) is 3. The van der Waals surface area contributed by atoms with Crippen LogP contribution in [0, 0.1) is 11.7 Å². The number of rotatable bonds is 5. The largest absolute Gasteiger partial charge is 0.367 e. The van der Waals surface area contributed by atoms with Crippen LogP contribution in [0.3, 0.4) is 0 Å². The predicted octanol–water partition coefficient (Wildman–Crippen LogP) is 7.79. The SMILES string of the molecule is CC(C[C@H]1CC[C@H](c2ccnc3ccc(F)cc32)CC1)Nc1nc(Cl)nc2c(Cl)cccc12. The second kappa shape index (κ2) is 9.40. The number of para-hydroxylation sites is 1. The molecule has 7 heteroatoms. The number of pyridine rings is 1. The van der Waals surface area contributed by atoms with Gasteiger partial charge >= 0.3 is 0 Å². The Morgan fingerprint density at radius 3 is 2.67 bits per heavy atom. The molecule has 1 N–H and O–H groups in total. The summed E-state index contributed by atoms with van der Waals surface area (Å²) in [5, 5.41) is 6.10. The van der Waals surface area contributed by atoms with E-state index in [1.165, 1.54) is 11.6 Å². The van der Waals surface area contributed by atoms with E-state index in [4.69, 9.17) is 23.2 Å². The Kier molecular flexibility index (Phi) is 6.35. The zero-order valence-electron chi connectivity index (χ0n) is 18.4. The highest BCUT2D eigenvalue weighted by Crippen LogP contribution is 2.40. The van der Waals surface area contributed by atoms with Gasteiger partial charge in [0.2, 0.25) is 5.28 Å². The van der Waals surface area contributed by atoms with Gasteiger partial charge in [0.1, 0.15) is 11.6 Å². The fourth-order valence-corrected chi connectivity index (χ4v) is 5.58. The van der Waals surface area contributed by atoms with Crippen LogP contribution >= 0.6 is 23.2 Å². The molecule has 33 heavy (non-hydrogen) atoms. The van der Waals surface area contributed by atoms with Crippen molar-refractivity contribution in [2.75, 3.05) is 5.32 Å². The van der Waals surface area contributed by atoms with Crippen molar-refractivity contribution in [3.63, 3.8) is 0 Å². The van der Waals surface area contributed by atoms with E-state index in [-0.39, 0.29) is 17.1 Å². The molecule has 1 fully saturated rings. The van der Waals surface area contributed by atoms with Gasteiger partial charge < -0.3 is 5.32 Å². The predicted molar refractivity (Wildman–Crippen MR) is 134 cm³/mol. The van der Waals surface area contributed by atoms with Crippen molar-refractivity contribution in [2.24, 2.45) is 5.92 Å². The van der Waals surface area contributed by atoms with Crippen LogP contribution in [0.1, 0.15) is 50.5 Å². The molecule has 0 aliphatic heterocycles.